The van der Waals surface area contributed by atoms with Crippen LogP contribution in [0.1, 0.15) is 0 Å². The van der Waals surface area contributed by atoms with Gasteiger partial charge < -0.3 is 24.3 Å². The Labute approximate surface area is 215 Å². The molecule has 4 aromatic heterocycles. The fraction of sp³-hybridized carbons (Fsp3) is 0.240. The van der Waals surface area contributed by atoms with Gasteiger partial charge >= 0.3 is 0 Å². The minimum atomic E-state index is -0.640. The first-order chi connectivity index (χ1) is 18.1. The summed E-state index contributed by atoms with van der Waals surface area (Å²) in [6.07, 6.45) is 3.14. The molecule has 5 aromatic rings. The fourth-order valence-corrected chi connectivity index (χ4v) is 4.94. The van der Waals surface area contributed by atoms with Crippen LogP contribution >= 0.6 is 11.6 Å². The third-order valence-electron chi connectivity index (χ3n) is 6.54. The van der Waals surface area contributed by atoms with Gasteiger partial charge in [-0.3, -0.25) is 4.98 Å². The van der Waals surface area contributed by atoms with Crippen molar-refractivity contribution in [3.63, 3.8) is 0 Å². The van der Waals surface area contributed by atoms with E-state index >= 15 is 0 Å². The second-order valence-corrected chi connectivity index (χ2v) is 9.28. The number of fused-ring (bicyclic) bond motifs is 2. The van der Waals surface area contributed by atoms with Gasteiger partial charge in [0.15, 0.2) is 11.8 Å². The number of aromatic amines is 1. The second-order valence-electron chi connectivity index (χ2n) is 8.87. The lowest BCUT2D eigenvalue weighted by Gasteiger charge is -2.15. The number of hydrogen-bond acceptors (Lipinski definition) is 9. The topological polar surface area (TPSA) is 133 Å². The number of H-pyrrole nitrogens is 1. The molecule has 0 spiro atoms. The third kappa shape index (κ3) is 4.02. The van der Waals surface area contributed by atoms with Crippen molar-refractivity contribution in [1.82, 2.24) is 34.7 Å². The van der Waals surface area contributed by atoms with Crippen molar-refractivity contribution < 1.29 is 19.3 Å². The molecule has 7 rings (SSSR count). The first kappa shape index (κ1) is 22.3. The Morgan fingerprint density at radius 1 is 1.03 bits per heavy atom. The number of benzene rings is 1. The molecule has 0 radical (unpaired) electrons. The Kier molecular flexibility index (Phi) is 5.36. The maximum Gasteiger partial charge on any atom is 0.296 e. The van der Waals surface area contributed by atoms with Crippen molar-refractivity contribution in [3.8, 4) is 34.2 Å². The Morgan fingerprint density at radius 3 is 2.65 bits per heavy atom. The van der Waals surface area contributed by atoms with E-state index in [1.807, 2.05) is 36.4 Å². The minimum Gasteiger partial charge on any atom is -0.456 e. The summed E-state index contributed by atoms with van der Waals surface area (Å²) in [5, 5.41) is 14.5. The summed E-state index contributed by atoms with van der Waals surface area (Å²) in [5.41, 5.74) is 5.21. The van der Waals surface area contributed by atoms with E-state index in [0.29, 0.717) is 34.5 Å². The van der Waals surface area contributed by atoms with Gasteiger partial charge in [-0.1, -0.05) is 35.9 Å². The van der Waals surface area contributed by atoms with Gasteiger partial charge in [-0.05, 0) is 18.2 Å². The van der Waals surface area contributed by atoms with Crippen molar-refractivity contribution >= 4 is 22.8 Å². The third-order valence-corrected chi connectivity index (χ3v) is 6.82. The Hall–Kier alpha value is -3.90. The highest BCUT2D eigenvalue weighted by molar-refractivity contribution is 6.33. The molecule has 2 fully saturated rings. The number of pyridine rings is 2. The van der Waals surface area contributed by atoms with E-state index in [9.17, 15) is 5.11 Å². The number of ether oxygens (including phenoxy) is 3. The van der Waals surface area contributed by atoms with Crippen LogP contribution in [0, 0.1) is 0 Å². The molecule has 2 N–H and O–H groups in total. The molecule has 0 saturated carbocycles. The maximum absolute atomic E-state index is 9.93. The molecule has 11 nitrogen and oxygen atoms in total. The number of hydrogen-bond donors (Lipinski definition) is 2. The number of imidazole rings is 1. The van der Waals surface area contributed by atoms with Crippen LogP contribution < -0.4 is 4.74 Å². The SMILES string of the molecule is O[C@@H]1CO[C@H]2[C@@H]1OC[C@H]2Oc1nc2nc(-c3ccc(-c4ccc(-n5cncn5)cn4)cc3)c(Cl)cc2[nH]1. The average Bonchev–Trinajstić information content (AvgIpc) is 3.71. The highest BCUT2D eigenvalue weighted by Crippen LogP contribution is 2.33. The molecule has 4 atom stereocenters. The summed E-state index contributed by atoms with van der Waals surface area (Å²) in [7, 11) is 0. The molecule has 6 heterocycles. The van der Waals surface area contributed by atoms with Gasteiger partial charge in [0.05, 0.1) is 47.0 Å². The monoisotopic (exact) mass is 517 g/mol. The van der Waals surface area contributed by atoms with Crippen molar-refractivity contribution in [3.05, 3.63) is 66.3 Å². The van der Waals surface area contributed by atoms with Crippen LogP contribution in [0.3, 0.4) is 0 Å². The normalized spacial score (nSPS) is 23.0. The Bertz CT molecular complexity index is 1560. The Morgan fingerprint density at radius 2 is 1.86 bits per heavy atom. The number of nitrogens with zero attached hydrogens (tertiary/aromatic N) is 6. The Balaban J connectivity index is 1.11. The molecule has 0 bridgehead atoms. The zero-order valence-electron chi connectivity index (χ0n) is 19.2. The van der Waals surface area contributed by atoms with Gasteiger partial charge in [-0.2, -0.15) is 10.1 Å². The van der Waals surface area contributed by atoms with E-state index in [-0.39, 0.29) is 24.9 Å². The maximum atomic E-state index is 9.93. The van der Waals surface area contributed by atoms with Crippen LogP contribution in [-0.4, -0.2) is 77.4 Å². The number of aliphatic hydroxyl groups excluding tert-OH is 1. The van der Waals surface area contributed by atoms with E-state index < -0.39 is 6.10 Å². The zero-order valence-corrected chi connectivity index (χ0v) is 20.0. The second kappa shape index (κ2) is 8.89. The molecule has 37 heavy (non-hydrogen) atoms. The number of aromatic nitrogens is 7. The molecule has 0 unspecified atom stereocenters. The lowest BCUT2D eigenvalue weighted by Crippen LogP contribution is -2.34. The number of nitrogens with one attached hydrogen (secondary N) is 1. The number of rotatable bonds is 5. The van der Waals surface area contributed by atoms with Crippen LogP contribution in [0.5, 0.6) is 6.01 Å². The predicted molar refractivity (Wildman–Crippen MR) is 132 cm³/mol. The lowest BCUT2D eigenvalue weighted by atomic mass is 10.1. The van der Waals surface area contributed by atoms with Gasteiger partial charge in [0, 0.05) is 11.1 Å². The summed E-state index contributed by atoms with van der Waals surface area (Å²) < 4.78 is 18.9. The van der Waals surface area contributed by atoms with E-state index in [4.69, 9.17) is 25.8 Å². The van der Waals surface area contributed by atoms with E-state index in [1.165, 1.54) is 6.33 Å². The van der Waals surface area contributed by atoms with Crippen LogP contribution in [-0.2, 0) is 9.47 Å². The van der Waals surface area contributed by atoms with Gasteiger partial charge in [0.2, 0.25) is 0 Å². The van der Waals surface area contributed by atoms with E-state index in [1.54, 1.807) is 23.3 Å². The smallest absolute Gasteiger partial charge is 0.296 e. The quantitative estimate of drug-likeness (QED) is 0.361. The van der Waals surface area contributed by atoms with Crippen molar-refractivity contribution in [1.29, 1.82) is 0 Å². The molecule has 1 aromatic carbocycles. The highest BCUT2D eigenvalue weighted by atomic mass is 35.5. The molecular formula is C25H20ClN7O4. The molecule has 2 aliphatic rings. The summed E-state index contributed by atoms with van der Waals surface area (Å²) in [6.45, 7) is 0.548. The fourth-order valence-electron chi connectivity index (χ4n) is 4.68. The summed E-state index contributed by atoms with van der Waals surface area (Å²) in [4.78, 5) is 20.8. The van der Waals surface area contributed by atoms with Crippen LogP contribution in [0.2, 0.25) is 5.02 Å². The molecule has 2 aliphatic heterocycles. The number of aliphatic hydroxyl groups is 1. The van der Waals surface area contributed by atoms with Crippen LogP contribution in [0.25, 0.3) is 39.4 Å². The first-order valence-electron chi connectivity index (χ1n) is 11.7. The average molecular weight is 518 g/mol. The van der Waals surface area contributed by atoms with Gasteiger partial charge in [0.1, 0.15) is 31.0 Å². The lowest BCUT2D eigenvalue weighted by molar-refractivity contribution is 0.00706. The minimum absolute atomic E-state index is 0.235. The first-order valence-corrected chi connectivity index (χ1v) is 12.1. The van der Waals surface area contributed by atoms with Crippen molar-refractivity contribution in [2.24, 2.45) is 0 Å². The van der Waals surface area contributed by atoms with Crippen LogP contribution in [0.15, 0.2) is 61.3 Å². The van der Waals surface area contributed by atoms with Gasteiger partial charge in [-0.15, -0.1) is 0 Å². The van der Waals surface area contributed by atoms with E-state index in [0.717, 1.165) is 22.5 Å². The molecule has 0 amide bonds. The molecule has 0 aliphatic carbocycles. The summed E-state index contributed by atoms with van der Waals surface area (Å²) in [5.74, 6) is 0. The van der Waals surface area contributed by atoms with Gasteiger partial charge in [0.25, 0.3) is 6.01 Å². The standard InChI is InChI=1S/C25H20ClN7O4/c26-16-7-18-24(32-25(30-18)37-20-10-36-22-19(34)9-35-23(20)22)31-21(16)14-3-1-13(2-4-14)17-6-5-15(8-28-17)33-12-27-11-29-33/h1-8,11-12,19-20,22-23,34H,9-10H2,(H,30,31,32)/t19-,20-,22-,23-/m1/s1. The molecule has 2 saturated heterocycles. The summed E-state index contributed by atoms with van der Waals surface area (Å²) in [6, 6.07) is 13.8. The molecule has 12 heteroatoms. The summed E-state index contributed by atoms with van der Waals surface area (Å²) >= 11 is 6.58. The molecule has 186 valence electrons. The highest BCUT2D eigenvalue weighted by Gasteiger charge is 2.48. The van der Waals surface area contributed by atoms with Gasteiger partial charge in [-0.25, -0.2) is 14.6 Å². The molecular weight excluding hydrogens is 498 g/mol. The van der Waals surface area contributed by atoms with Crippen LogP contribution in [0.4, 0.5) is 0 Å². The van der Waals surface area contributed by atoms with E-state index in [2.05, 4.69) is 30.0 Å². The largest absolute Gasteiger partial charge is 0.456 e. The van der Waals surface area contributed by atoms with Crippen molar-refractivity contribution in [2.45, 2.75) is 24.4 Å². The predicted octanol–water partition coefficient (Wildman–Crippen LogP) is 2.83. The zero-order chi connectivity index (χ0) is 24.9. The van der Waals surface area contributed by atoms with Crippen molar-refractivity contribution in [2.75, 3.05) is 13.2 Å². The number of halogens is 1.